The molecule has 2 aliphatic rings. The molecule has 4 amide bonds. The quantitative estimate of drug-likeness (QED) is 0.823. The molecule has 0 saturated carbocycles. The topological polar surface area (TPSA) is 78.5 Å². The molecule has 2 aromatic carbocycles. The van der Waals surface area contributed by atoms with Crippen molar-refractivity contribution in [2.45, 2.75) is 38.1 Å². The normalized spacial score (nSPS) is 21.6. The highest BCUT2D eigenvalue weighted by Gasteiger charge is 2.50. The molecular weight excluding hydrogens is 342 g/mol. The van der Waals surface area contributed by atoms with Crippen molar-refractivity contribution in [1.82, 2.24) is 15.8 Å². The average molecular weight is 363 g/mol. The number of hydrogen-bond acceptors (Lipinski definition) is 3. The van der Waals surface area contributed by atoms with Crippen LogP contribution in [0.4, 0.5) is 4.79 Å². The third-order valence-electron chi connectivity index (χ3n) is 5.37. The number of carbonyl (C=O) groups excluding carboxylic acids is 3. The molecule has 1 atom stereocenters. The molecule has 1 aliphatic carbocycles. The number of urea groups is 1. The summed E-state index contributed by atoms with van der Waals surface area (Å²) >= 11 is 0. The van der Waals surface area contributed by atoms with E-state index in [1.54, 1.807) is 37.3 Å². The second kappa shape index (κ2) is 6.54. The summed E-state index contributed by atoms with van der Waals surface area (Å²) in [7, 11) is 0. The highest BCUT2D eigenvalue weighted by Crippen LogP contribution is 2.28. The Bertz CT molecular complexity index is 926. The standard InChI is InChI=1S/C21H21N3O3/c1-21(17-9-3-2-4-10-17)19(26)24(20(27)22-21)23-18(25)16-12-11-14-7-5-6-8-15(14)13-16/h2-4,9-13H,5-8H2,1H3,(H,22,27)(H,23,25). The molecule has 1 heterocycles. The smallest absolute Gasteiger partial charge is 0.318 e. The second-order valence-electron chi connectivity index (χ2n) is 7.19. The molecule has 1 saturated heterocycles. The summed E-state index contributed by atoms with van der Waals surface area (Å²) in [6.07, 6.45) is 4.25. The first-order valence-electron chi connectivity index (χ1n) is 9.14. The number of rotatable bonds is 3. The van der Waals surface area contributed by atoms with Gasteiger partial charge in [-0.1, -0.05) is 36.4 Å². The molecule has 27 heavy (non-hydrogen) atoms. The maximum absolute atomic E-state index is 12.9. The summed E-state index contributed by atoms with van der Waals surface area (Å²) in [5.74, 6) is -0.978. The fourth-order valence-electron chi connectivity index (χ4n) is 3.75. The molecule has 4 rings (SSSR count). The van der Waals surface area contributed by atoms with Gasteiger partial charge in [0.2, 0.25) is 0 Å². The Morgan fingerprint density at radius 3 is 2.48 bits per heavy atom. The lowest BCUT2D eigenvalue weighted by Crippen LogP contribution is -2.47. The number of nitrogens with zero attached hydrogens (tertiary/aromatic N) is 1. The van der Waals surface area contributed by atoms with Crippen LogP contribution in [0.3, 0.4) is 0 Å². The molecule has 0 spiro atoms. The van der Waals surface area contributed by atoms with Gasteiger partial charge in [0.25, 0.3) is 11.8 Å². The summed E-state index contributed by atoms with van der Waals surface area (Å²) in [6, 6.07) is 13.9. The van der Waals surface area contributed by atoms with E-state index < -0.39 is 23.4 Å². The van der Waals surface area contributed by atoms with Crippen molar-refractivity contribution in [2.24, 2.45) is 0 Å². The van der Waals surface area contributed by atoms with Gasteiger partial charge in [0.1, 0.15) is 5.54 Å². The first-order valence-corrected chi connectivity index (χ1v) is 9.14. The summed E-state index contributed by atoms with van der Waals surface area (Å²) in [5.41, 5.74) is 4.80. The molecule has 138 valence electrons. The first-order chi connectivity index (χ1) is 13.0. The Kier molecular flexibility index (Phi) is 4.18. The van der Waals surface area contributed by atoms with Crippen LogP contribution in [0.1, 0.15) is 46.8 Å². The zero-order valence-electron chi connectivity index (χ0n) is 15.1. The van der Waals surface area contributed by atoms with Gasteiger partial charge in [0, 0.05) is 5.56 Å². The van der Waals surface area contributed by atoms with E-state index in [0.717, 1.165) is 24.3 Å². The molecule has 1 fully saturated rings. The summed E-state index contributed by atoms with van der Waals surface area (Å²) in [4.78, 5) is 37.9. The van der Waals surface area contributed by atoms with Crippen molar-refractivity contribution in [3.05, 3.63) is 70.8 Å². The van der Waals surface area contributed by atoms with E-state index >= 15 is 0 Å². The van der Waals surface area contributed by atoms with Crippen LogP contribution in [-0.2, 0) is 23.2 Å². The molecule has 0 aromatic heterocycles. The van der Waals surface area contributed by atoms with Crippen molar-refractivity contribution in [2.75, 3.05) is 0 Å². The number of hydrogen-bond donors (Lipinski definition) is 2. The molecule has 6 nitrogen and oxygen atoms in total. The lowest BCUT2D eigenvalue weighted by atomic mass is 9.90. The van der Waals surface area contributed by atoms with Crippen molar-refractivity contribution in [1.29, 1.82) is 0 Å². The molecule has 1 aliphatic heterocycles. The van der Waals surface area contributed by atoms with Crippen molar-refractivity contribution >= 4 is 17.8 Å². The van der Waals surface area contributed by atoms with Gasteiger partial charge in [0.15, 0.2) is 0 Å². The van der Waals surface area contributed by atoms with E-state index in [1.807, 2.05) is 18.2 Å². The van der Waals surface area contributed by atoms with E-state index in [1.165, 1.54) is 17.5 Å². The number of imide groups is 1. The van der Waals surface area contributed by atoms with Gasteiger partial charge < -0.3 is 5.32 Å². The highest BCUT2D eigenvalue weighted by molar-refractivity contribution is 6.09. The Morgan fingerprint density at radius 2 is 1.74 bits per heavy atom. The largest absolute Gasteiger partial charge is 0.344 e. The second-order valence-corrected chi connectivity index (χ2v) is 7.19. The van der Waals surface area contributed by atoms with Gasteiger partial charge in [-0.05, 0) is 61.4 Å². The predicted octanol–water partition coefficient (Wildman–Crippen LogP) is 2.68. The minimum Gasteiger partial charge on any atom is -0.318 e. The first kappa shape index (κ1) is 17.3. The third-order valence-corrected chi connectivity index (χ3v) is 5.37. The zero-order valence-corrected chi connectivity index (χ0v) is 15.1. The fourth-order valence-corrected chi connectivity index (χ4v) is 3.75. The molecule has 1 unspecified atom stereocenters. The fraction of sp³-hybridized carbons (Fsp3) is 0.286. The van der Waals surface area contributed by atoms with Crippen LogP contribution in [0.5, 0.6) is 0 Å². The molecule has 0 radical (unpaired) electrons. The SMILES string of the molecule is CC1(c2ccccc2)NC(=O)N(NC(=O)c2ccc3c(c2)CCCC3)C1=O. The van der Waals surface area contributed by atoms with Gasteiger partial charge in [-0.15, -0.1) is 0 Å². The van der Waals surface area contributed by atoms with E-state index in [9.17, 15) is 14.4 Å². The summed E-state index contributed by atoms with van der Waals surface area (Å²) in [6.45, 7) is 1.63. The number of benzene rings is 2. The number of hydrazine groups is 1. The molecule has 0 bridgehead atoms. The van der Waals surface area contributed by atoms with E-state index in [0.29, 0.717) is 11.1 Å². The van der Waals surface area contributed by atoms with Crippen molar-refractivity contribution < 1.29 is 14.4 Å². The lowest BCUT2D eigenvalue weighted by molar-refractivity contribution is -0.132. The minimum absolute atomic E-state index is 0.449. The van der Waals surface area contributed by atoms with Gasteiger partial charge >= 0.3 is 6.03 Å². The van der Waals surface area contributed by atoms with Crippen molar-refractivity contribution in [3.8, 4) is 0 Å². The number of carbonyl (C=O) groups is 3. The maximum atomic E-state index is 12.9. The van der Waals surface area contributed by atoms with E-state index in [2.05, 4.69) is 10.7 Å². The molecule has 6 heteroatoms. The lowest BCUT2D eigenvalue weighted by Gasteiger charge is -2.22. The van der Waals surface area contributed by atoms with Crippen LogP contribution in [0.15, 0.2) is 48.5 Å². The zero-order chi connectivity index (χ0) is 19.0. The molecule has 2 aromatic rings. The monoisotopic (exact) mass is 363 g/mol. The van der Waals surface area contributed by atoms with Crippen LogP contribution in [-0.4, -0.2) is 22.9 Å². The number of fused-ring (bicyclic) bond motifs is 1. The van der Waals surface area contributed by atoms with E-state index in [-0.39, 0.29) is 0 Å². The van der Waals surface area contributed by atoms with Gasteiger partial charge in [0.05, 0.1) is 0 Å². The predicted molar refractivity (Wildman–Crippen MR) is 99.7 cm³/mol. The van der Waals surface area contributed by atoms with Gasteiger partial charge in [-0.25, -0.2) is 4.79 Å². The number of amides is 4. The van der Waals surface area contributed by atoms with E-state index in [4.69, 9.17) is 0 Å². The summed E-state index contributed by atoms with van der Waals surface area (Å²) < 4.78 is 0. The third kappa shape index (κ3) is 2.97. The van der Waals surface area contributed by atoms with Crippen LogP contribution in [0.2, 0.25) is 0 Å². The Hall–Kier alpha value is -3.15. The van der Waals surface area contributed by atoms with Crippen LogP contribution >= 0.6 is 0 Å². The Labute approximate surface area is 157 Å². The minimum atomic E-state index is -1.21. The Morgan fingerprint density at radius 1 is 1.04 bits per heavy atom. The van der Waals surface area contributed by atoms with Crippen molar-refractivity contribution in [3.63, 3.8) is 0 Å². The molecule has 2 N–H and O–H groups in total. The summed E-state index contributed by atoms with van der Waals surface area (Å²) in [5, 5.41) is 3.45. The van der Waals surface area contributed by atoms with Crippen LogP contribution in [0, 0.1) is 0 Å². The average Bonchev–Trinajstić information content (AvgIpc) is 2.92. The van der Waals surface area contributed by atoms with Crippen LogP contribution < -0.4 is 10.7 Å². The van der Waals surface area contributed by atoms with Crippen LogP contribution in [0.25, 0.3) is 0 Å². The number of nitrogens with one attached hydrogen (secondary N) is 2. The van der Waals surface area contributed by atoms with Gasteiger partial charge in [-0.3, -0.25) is 15.0 Å². The maximum Gasteiger partial charge on any atom is 0.344 e. The Balaban J connectivity index is 1.55. The number of aryl methyl sites for hydroxylation is 2. The highest BCUT2D eigenvalue weighted by atomic mass is 16.2. The van der Waals surface area contributed by atoms with Gasteiger partial charge in [-0.2, -0.15) is 5.01 Å². The molecular formula is C21H21N3O3.